The summed E-state index contributed by atoms with van der Waals surface area (Å²) < 4.78 is 0. The molecule has 0 aliphatic rings. The summed E-state index contributed by atoms with van der Waals surface area (Å²) in [6.45, 7) is 3.56. The van der Waals surface area contributed by atoms with Crippen molar-refractivity contribution < 1.29 is 10.0 Å². The van der Waals surface area contributed by atoms with Crippen molar-refractivity contribution in [1.82, 2.24) is 0 Å². The lowest BCUT2D eigenvalue weighted by molar-refractivity contribution is -0.938. The zero-order valence-electron chi connectivity index (χ0n) is 5.45. The molecule has 0 aromatic rings. The lowest BCUT2D eigenvalue weighted by Gasteiger charge is -2.21. The number of rotatable bonds is 1. The highest BCUT2D eigenvalue weighted by molar-refractivity contribution is 4.39. The SMILES string of the molecule is C[NH+](C)C(C)(C)O. The maximum atomic E-state index is 9.06. The second-order valence-electron chi connectivity index (χ2n) is 2.56. The van der Waals surface area contributed by atoms with Gasteiger partial charge >= 0.3 is 0 Å². The standard InChI is InChI=1S/C5H13NO/c1-5(2,7)6(3)4/h7H,1-4H3/p+1. The number of aliphatic hydroxyl groups is 1. The van der Waals surface area contributed by atoms with Crippen molar-refractivity contribution in [3.63, 3.8) is 0 Å². The normalized spacial score (nSPS) is 12.9. The van der Waals surface area contributed by atoms with Gasteiger partial charge in [-0.1, -0.05) is 0 Å². The smallest absolute Gasteiger partial charge is 0.192 e. The van der Waals surface area contributed by atoms with Crippen molar-refractivity contribution in [2.24, 2.45) is 0 Å². The van der Waals surface area contributed by atoms with Crippen molar-refractivity contribution in [1.29, 1.82) is 0 Å². The Bertz CT molecular complexity index is 53.6. The van der Waals surface area contributed by atoms with Gasteiger partial charge in [0.15, 0.2) is 5.72 Å². The minimum atomic E-state index is -0.583. The molecule has 0 aliphatic carbocycles. The van der Waals surface area contributed by atoms with E-state index in [1.54, 1.807) is 13.8 Å². The number of hydrogen-bond acceptors (Lipinski definition) is 1. The highest BCUT2D eigenvalue weighted by Gasteiger charge is 2.17. The molecule has 0 aromatic carbocycles. The van der Waals surface area contributed by atoms with E-state index in [1.165, 1.54) is 0 Å². The first-order chi connectivity index (χ1) is 2.94. The summed E-state index contributed by atoms with van der Waals surface area (Å²) in [6, 6.07) is 0. The number of hydrogen-bond donors (Lipinski definition) is 2. The molecule has 44 valence electrons. The van der Waals surface area contributed by atoms with Crippen LogP contribution in [0, 0.1) is 0 Å². The second-order valence-corrected chi connectivity index (χ2v) is 2.56. The molecule has 0 saturated carbocycles. The van der Waals surface area contributed by atoms with Crippen LogP contribution in [0.25, 0.3) is 0 Å². The maximum absolute atomic E-state index is 9.06. The molecule has 0 fully saturated rings. The molecule has 0 aliphatic heterocycles. The molecule has 0 spiro atoms. The van der Waals surface area contributed by atoms with E-state index in [2.05, 4.69) is 0 Å². The summed E-state index contributed by atoms with van der Waals surface area (Å²) in [5, 5.41) is 9.06. The number of quaternary nitrogens is 1. The minimum absolute atomic E-state index is 0.583. The van der Waals surface area contributed by atoms with Crippen LogP contribution in [0.1, 0.15) is 13.8 Å². The third kappa shape index (κ3) is 2.60. The lowest BCUT2D eigenvalue weighted by Crippen LogP contribution is -3.14. The first-order valence-corrected chi connectivity index (χ1v) is 2.47. The van der Waals surface area contributed by atoms with E-state index >= 15 is 0 Å². The highest BCUT2D eigenvalue weighted by atomic mass is 16.3. The van der Waals surface area contributed by atoms with Crippen LogP contribution in [0.2, 0.25) is 0 Å². The van der Waals surface area contributed by atoms with E-state index < -0.39 is 5.72 Å². The Morgan fingerprint density at radius 2 is 1.43 bits per heavy atom. The molecule has 0 heterocycles. The Labute approximate surface area is 44.8 Å². The Hall–Kier alpha value is -0.0800. The Morgan fingerprint density at radius 1 is 1.29 bits per heavy atom. The molecule has 0 saturated heterocycles. The van der Waals surface area contributed by atoms with E-state index in [4.69, 9.17) is 5.11 Å². The van der Waals surface area contributed by atoms with Gasteiger partial charge in [-0.2, -0.15) is 0 Å². The van der Waals surface area contributed by atoms with E-state index in [1.807, 2.05) is 14.1 Å². The molecule has 0 unspecified atom stereocenters. The first kappa shape index (κ1) is 6.92. The van der Waals surface area contributed by atoms with Crippen molar-refractivity contribution in [3.8, 4) is 0 Å². The first-order valence-electron chi connectivity index (χ1n) is 2.47. The fourth-order valence-corrected chi connectivity index (χ4v) is 0. The zero-order valence-corrected chi connectivity index (χ0v) is 5.45. The fourth-order valence-electron chi connectivity index (χ4n) is 0. The third-order valence-electron chi connectivity index (χ3n) is 1.22. The van der Waals surface area contributed by atoms with Gasteiger partial charge in [0.25, 0.3) is 0 Å². The molecular formula is C5H14NO+. The Kier molecular flexibility index (Phi) is 1.78. The van der Waals surface area contributed by atoms with Crippen molar-refractivity contribution in [2.45, 2.75) is 19.6 Å². The van der Waals surface area contributed by atoms with Crippen LogP contribution in [-0.2, 0) is 0 Å². The molecule has 0 rings (SSSR count). The van der Waals surface area contributed by atoms with Crippen molar-refractivity contribution in [2.75, 3.05) is 14.1 Å². The summed E-state index contributed by atoms with van der Waals surface area (Å²) in [4.78, 5) is 1.05. The van der Waals surface area contributed by atoms with Crippen LogP contribution in [0.3, 0.4) is 0 Å². The molecule has 0 atom stereocenters. The summed E-state index contributed by atoms with van der Waals surface area (Å²) in [5.41, 5.74) is -0.583. The van der Waals surface area contributed by atoms with Crippen molar-refractivity contribution in [3.05, 3.63) is 0 Å². The molecule has 2 heteroatoms. The van der Waals surface area contributed by atoms with Crippen LogP contribution in [0.4, 0.5) is 0 Å². The summed E-state index contributed by atoms with van der Waals surface area (Å²) in [7, 11) is 3.83. The van der Waals surface area contributed by atoms with Crippen molar-refractivity contribution >= 4 is 0 Å². The predicted octanol–water partition coefficient (Wildman–Crippen LogP) is -1.14. The van der Waals surface area contributed by atoms with Gasteiger partial charge in [-0.05, 0) is 0 Å². The van der Waals surface area contributed by atoms with Gasteiger partial charge in [-0.15, -0.1) is 0 Å². The van der Waals surface area contributed by atoms with Gasteiger partial charge in [0, 0.05) is 13.8 Å². The summed E-state index contributed by atoms with van der Waals surface area (Å²) >= 11 is 0. The van der Waals surface area contributed by atoms with Gasteiger partial charge in [0.05, 0.1) is 14.1 Å². The molecule has 0 radical (unpaired) electrons. The largest absolute Gasteiger partial charge is 0.343 e. The minimum Gasteiger partial charge on any atom is -0.343 e. The quantitative estimate of drug-likeness (QED) is 0.404. The van der Waals surface area contributed by atoms with Gasteiger partial charge in [0.1, 0.15) is 0 Å². The van der Waals surface area contributed by atoms with E-state index in [-0.39, 0.29) is 0 Å². The fraction of sp³-hybridized carbons (Fsp3) is 1.00. The number of nitrogens with one attached hydrogen (secondary N) is 1. The molecule has 0 bridgehead atoms. The van der Waals surface area contributed by atoms with Crippen LogP contribution in [0.15, 0.2) is 0 Å². The van der Waals surface area contributed by atoms with Crippen LogP contribution in [0.5, 0.6) is 0 Å². The zero-order chi connectivity index (χ0) is 6.08. The molecule has 0 amide bonds. The molecular weight excluding hydrogens is 90.1 g/mol. The van der Waals surface area contributed by atoms with Gasteiger partial charge in [0.2, 0.25) is 0 Å². The topological polar surface area (TPSA) is 24.7 Å². The van der Waals surface area contributed by atoms with Crippen LogP contribution in [-0.4, -0.2) is 24.9 Å². The monoisotopic (exact) mass is 104 g/mol. The van der Waals surface area contributed by atoms with E-state index in [0.717, 1.165) is 4.90 Å². The molecule has 7 heavy (non-hydrogen) atoms. The van der Waals surface area contributed by atoms with E-state index in [0.29, 0.717) is 0 Å². The average Bonchev–Trinajstić information content (AvgIpc) is 1.31. The molecule has 2 nitrogen and oxygen atoms in total. The van der Waals surface area contributed by atoms with Gasteiger partial charge in [-0.3, -0.25) is 0 Å². The van der Waals surface area contributed by atoms with Gasteiger partial charge < -0.3 is 10.0 Å². The summed E-state index contributed by atoms with van der Waals surface area (Å²) in [6.07, 6.45) is 0. The predicted molar refractivity (Wildman–Crippen MR) is 29.1 cm³/mol. The summed E-state index contributed by atoms with van der Waals surface area (Å²) in [5.74, 6) is 0. The maximum Gasteiger partial charge on any atom is 0.192 e. The Morgan fingerprint density at radius 3 is 1.43 bits per heavy atom. The third-order valence-corrected chi connectivity index (χ3v) is 1.22. The molecule has 0 aromatic heterocycles. The van der Waals surface area contributed by atoms with Crippen LogP contribution >= 0.6 is 0 Å². The average molecular weight is 104 g/mol. The second kappa shape index (κ2) is 1.80. The van der Waals surface area contributed by atoms with Gasteiger partial charge in [-0.25, -0.2) is 0 Å². The molecule has 2 N–H and O–H groups in total. The highest BCUT2D eigenvalue weighted by Crippen LogP contribution is 1.82. The van der Waals surface area contributed by atoms with E-state index in [9.17, 15) is 0 Å². The lowest BCUT2D eigenvalue weighted by atomic mass is 10.3. The van der Waals surface area contributed by atoms with Crippen LogP contribution < -0.4 is 4.90 Å². The Balaban J connectivity index is 3.54.